The van der Waals surface area contributed by atoms with Gasteiger partial charge in [-0.05, 0) is 54.4 Å². The summed E-state index contributed by atoms with van der Waals surface area (Å²) in [6.07, 6.45) is -3.80. The fraction of sp³-hybridized carbons (Fsp3) is 0.296. The second-order valence-electron chi connectivity index (χ2n) is 9.14. The maximum absolute atomic E-state index is 15.0. The van der Waals surface area contributed by atoms with Gasteiger partial charge < -0.3 is 21.3 Å². The van der Waals surface area contributed by atoms with Gasteiger partial charge in [0.05, 0.1) is 5.69 Å². The second kappa shape index (κ2) is 11.2. The largest absolute Gasteiger partial charge is 0.480 e. The lowest BCUT2D eigenvalue weighted by molar-refractivity contribution is -0.199. The molecule has 3 atom stereocenters. The predicted molar refractivity (Wildman–Crippen MR) is 133 cm³/mol. The Bertz CT molecular complexity index is 1330. The lowest BCUT2D eigenvalue weighted by atomic mass is 9.84. The zero-order valence-electron chi connectivity index (χ0n) is 20.2. The topological polar surface area (TPSA) is 124 Å². The van der Waals surface area contributed by atoms with Gasteiger partial charge in [-0.1, -0.05) is 48.5 Å². The van der Waals surface area contributed by atoms with Crippen LogP contribution in [0.5, 0.6) is 5.88 Å². The molecule has 0 bridgehead atoms. The van der Waals surface area contributed by atoms with E-state index in [1.807, 2.05) is 6.08 Å². The number of aromatic nitrogens is 2. The quantitative estimate of drug-likeness (QED) is 0.327. The van der Waals surface area contributed by atoms with Crippen molar-refractivity contribution in [3.8, 4) is 17.0 Å². The highest BCUT2D eigenvalue weighted by atomic mass is 19.4. The summed E-state index contributed by atoms with van der Waals surface area (Å²) in [6.45, 7) is 0. The summed E-state index contributed by atoms with van der Waals surface area (Å²) in [5, 5.41) is 9.01. The number of alkyl halides is 3. The molecule has 1 aliphatic rings. The number of carbonyl (C=O) groups is 1. The van der Waals surface area contributed by atoms with E-state index >= 15 is 0 Å². The summed E-state index contributed by atoms with van der Waals surface area (Å²) in [7, 11) is 0. The smallest absolute Gasteiger partial charge is 0.429 e. The number of carboxylic acids is 1. The monoisotopic (exact) mass is 530 g/mol. The zero-order valence-corrected chi connectivity index (χ0v) is 20.2. The normalized spacial score (nSPS) is 17.4. The summed E-state index contributed by atoms with van der Waals surface area (Å²) in [5.41, 5.74) is 12.8. The molecular formula is C27H26F4N4O3. The fourth-order valence-electron chi connectivity index (χ4n) is 4.44. The Morgan fingerprint density at radius 3 is 2.45 bits per heavy atom. The fourth-order valence-corrected chi connectivity index (χ4v) is 4.44. The molecule has 0 saturated carbocycles. The van der Waals surface area contributed by atoms with Crippen LogP contribution in [-0.2, 0) is 4.79 Å². The van der Waals surface area contributed by atoms with Crippen LogP contribution in [0.3, 0.4) is 0 Å². The number of rotatable bonds is 8. The Kier molecular flexibility index (Phi) is 7.96. The third-order valence-electron chi connectivity index (χ3n) is 6.40. The van der Waals surface area contributed by atoms with E-state index in [1.165, 1.54) is 12.1 Å². The molecule has 1 aromatic heterocycles. The molecule has 1 heterocycles. The van der Waals surface area contributed by atoms with Gasteiger partial charge in [0.25, 0.3) is 0 Å². The Labute approximate surface area is 216 Å². The minimum atomic E-state index is -4.95. The molecule has 7 nitrogen and oxygen atoms in total. The molecule has 4 rings (SSSR count). The molecular weight excluding hydrogens is 504 g/mol. The molecule has 3 aromatic rings. The number of aliphatic carboxylic acids is 1. The van der Waals surface area contributed by atoms with E-state index in [2.05, 4.69) is 9.97 Å². The van der Waals surface area contributed by atoms with Crippen molar-refractivity contribution in [2.24, 2.45) is 11.7 Å². The van der Waals surface area contributed by atoms with E-state index in [1.54, 1.807) is 30.3 Å². The number of hydrogen-bond acceptors (Lipinski definition) is 6. The van der Waals surface area contributed by atoms with Crippen LogP contribution < -0.4 is 16.2 Å². The number of anilines is 1. The Hall–Kier alpha value is -3.99. The summed E-state index contributed by atoms with van der Waals surface area (Å²) >= 11 is 0. The molecule has 5 N–H and O–H groups in total. The minimum absolute atomic E-state index is 0.0520. The number of ether oxygens (including phenoxy) is 1. The molecule has 0 saturated heterocycles. The maximum atomic E-state index is 15.0. The van der Waals surface area contributed by atoms with Gasteiger partial charge in [0.1, 0.15) is 11.9 Å². The van der Waals surface area contributed by atoms with Crippen molar-refractivity contribution in [3.05, 3.63) is 77.7 Å². The number of allylic oxidation sites excluding steroid dienone is 2. The van der Waals surface area contributed by atoms with Gasteiger partial charge in [0.15, 0.2) is 0 Å². The van der Waals surface area contributed by atoms with E-state index in [-0.39, 0.29) is 17.6 Å². The third kappa shape index (κ3) is 6.46. The van der Waals surface area contributed by atoms with Crippen LogP contribution >= 0.6 is 0 Å². The first-order chi connectivity index (χ1) is 18.0. The maximum Gasteiger partial charge on any atom is 0.429 e. The summed E-state index contributed by atoms with van der Waals surface area (Å²) in [5.74, 6) is -2.84. The predicted octanol–water partition coefficient (Wildman–Crippen LogP) is 5.53. The van der Waals surface area contributed by atoms with Gasteiger partial charge in [0, 0.05) is 11.6 Å². The number of nitrogen functional groups attached to an aromatic ring is 1. The van der Waals surface area contributed by atoms with Gasteiger partial charge in [-0.15, -0.1) is 0 Å². The van der Waals surface area contributed by atoms with Gasteiger partial charge in [-0.3, -0.25) is 4.79 Å². The second-order valence-corrected chi connectivity index (χ2v) is 9.14. The van der Waals surface area contributed by atoms with E-state index < -0.39 is 41.6 Å². The Balaban J connectivity index is 1.57. The molecule has 38 heavy (non-hydrogen) atoms. The van der Waals surface area contributed by atoms with Gasteiger partial charge in [-0.2, -0.15) is 18.2 Å². The highest BCUT2D eigenvalue weighted by molar-refractivity contribution is 5.73. The van der Waals surface area contributed by atoms with E-state index in [4.69, 9.17) is 21.3 Å². The van der Waals surface area contributed by atoms with Crippen LogP contribution in [0.4, 0.5) is 23.5 Å². The highest BCUT2D eigenvalue weighted by Gasteiger charge is 2.45. The van der Waals surface area contributed by atoms with Crippen LogP contribution in [0.25, 0.3) is 16.7 Å². The minimum Gasteiger partial charge on any atom is -0.480 e. The van der Waals surface area contributed by atoms with Crippen molar-refractivity contribution < 1.29 is 32.2 Å². The molecule has 0 spiro atoms. The first kappa shape index (κ1) is 27.1. The molecule has 0 fully saturated rings. The van der Waals surface area contributed by atoms with E-state index in [0.717, 1.165) is 12.1 Å². The molecule has 11 heteroatoms. The number of halogens is 4. The van der Waals surface area contributed by atoms with Gasteiger partial charge in [0.2, 0.25) is 17.9 Å². The third-order valence-corrected chi connectivity index (χ3v) is 6.40. The number of benzene rings is 2. The molecule has 0 aliphatic heterocycles. The van der Waals surface area contributed by atoms with Crippen LogP contribution in [0.15, 0.2) is 60.7 Å². The van der Waals surface area contributed by atoms with Crippen molar-refractivity contribution in [1.29, 1.82) is 0 Å². The standard InChI is InChI=1S/C27H26F4N4O3/c28-20-13-18(16-4-2-1-3-5-16)10-11-19(20)24(27(29,30)31)38-23-14-22(34-26(33)35-23)17-8-6-15(7-9-17)12-21(32)25(36)37/h1-5,8,10-11,13-15,21,24H,6-7,9,12,32H2,(H,36,37)(H2,33,34,35). The molecule has 0 radical (unpaired) electrons. The van der Waals surface area contributed by atoms with Crippen molar-refractivity contribution in [3.63, 3.8) is 0 Å². The van der Waals surface area contributed by atoms with Crippen LogP contribution in [-0.4, -0.2) is 33.3 Å². The van der Waals surface area contributed by atoms with Crippen LogP contribution in [0.1, 0.15) is 43.0 Å². The molecule has 200 valence electrons. The van der Waals surface area contributed by atoms with Crippen LogP contribution in [0, 0.1) is 11.7 Å². The van der Waals surface area contributed by atoms with Gasteiger partial charge >= 0.3 is 12.1 Å². The zero-order chi connectivity index (χ0) is 27.4. The van der Waals surface area contributed by atoms with E-state index in [9.17, 15) is 22.4 Å². The summed E-state index contributed by atoms with van der Waals surface area (Å²) in [6, 6.07) is 12.5. The first-order valence-corrected chi connectivity index (χ1v) is 11.9. The molecule has 0 amide bonds. The summed E-state index contributed by atoms with van der Waals surface area (Å²) < 4.78 is 62.2. The van der Waals surface area contributed by atoms with Crippen molar-refractivity contribution >= 4 is 17.5 Å². The van der Waals surface area contributed by atoms with Crippen LogP contribution in [0.2, 0.25) is 0 Å². The lowest BCUT2D eigenvalue weighted by Gasteiger charge is -2.24. The molecule has 1 aliphatic carbocycles. The average molecular weight is 531 g/mol. The highest BCUT2D eigenvalue weighted by Crippen LogP contribution is 2.39. The molecule has 3 unspecified atom stereocenters. The number of nitrogens with two attached hydrogens (primary N) is 2. The van der Waals surface area contributed by atoms with Gasteiger partial charge in [-0.25, -0.2) is 9.37 Å². The Morgan fingerprint density at radius 1 is 1.11 bits per heavy atom. The first-order valence-electron chi connectivity index (χ1n) is 11.9. The van der Waals surface area contributed by atoms with E-state index in [0.29, 0.717) is 42.4 Å². The molecule has 2 aromatic carbocycles. The summed E-state index contributed by atoms with van der Waals surface area (Å²) in [4.78, 5) is 18.9. The number of carboxylic acid groups (broad SMARTS) is 1. The number of nitrogens with zero attached hydrogens (tertiary/aromatic N) is 2. The Morgan fingerprint density at radius 2 is 1.84 bits per heavy atom. The average Bonchev–Trinajstić information content (AvgIpc) is 2.87. The van der Waals surface area contributed by atoms with Crippen molar-refractivity contribution in [2.75, 3.05) is 5.73 Å². The SMILES string of the molecule is Nc1nc(OC(c2ccc(-c3ccccc3)cc2F)C(F)(F)F)cc(C2=CCC(CC(N)C(=O)O)CC2)n1. The number of hydrogen-bond donors (Lipinski definition) is 3. The van der Waals surface area contributed by atoms with Crippen molar-refractivity contribution in [2.45, 2.75) is 44.0 Å². The van der Waals surface area contributed by atoms with Crippen molar-refractivity contribution in [1.82, 2.24) is 9.97 Å². The lowest BCUT2D eigenvalue weighted by Crippen LogP contribution is -2.32.